The summed E-state index contributed by atoms with van der Waals surface area (Å²) in [5, 5.41) is 3.51. The van der Waals surface area contributed by atoms with Gasteiger partial charge < -0.3 is 9.53 Å². The van der Waals surface area contributed by atoms with Crippen molar-refractivity contribution in [2.45, 2.75) is 12.8 Å². The SMILES string of the molecule is COC=Nc1ncc(-c2nc(CCC=O)cs2)s1. The Labute approximate surface area is 112 Å². The first-order valence-electron chi connectivity index (χ1n) is 5.23. The molecule has 0 spiro atoms. The monoisotopic (exact) mass is 281 g/mol. The van der Waals surface area contributed by atoms with Gasteiger partial charge in [-0.05, 0) is 6.42 Å². The van der Waals surface area contributed by atoms with E-state index < -0.39 is 0 Å². The van der Waals surface area contributed by atoms with Crippen LogP contribution in [0.25, 0.3) is 9.88 Å². The quantitative estimate of drug-likeness (QED) is 0.464. The van der Waals surface area contributed by atoms with Crippen LogP contribution >= 0.6 is 22.7 Å². The maximum atomic E-state index is 10.3. The van der Waals surface area contributed by atoms with Gasteiger partial charge in [0.25, 0.3) is 0 Å². The van der Waals surface area contributed by atoms with Crippen molar-refractivity contribution >= 4 is 40.5 Å². The molecule has 2 aromatic heterocycles. The molecule has 0 aromatic carbocycles. The van der Waals surface area contributed by atoms with Gasteiger partial charge in [-0.25, -0.2) is 9.97 Å². The predicted molar refractivity (Wildman–Crippen MR) is 72.8 cm³/mol. The molecule has 2 rings (SSSR count). The van der Waals surface area contributed by atoms with Gasteiger partial charge in [0, 0.05) is 11.8 Å². The molecule has 2 aromatic rings. The number of hydrogen-bond acceptors (Lipinski definition) is 7. The van der Waals surface area contributed by atoms with Crippen LogP contribution in [-0.2, 0) is 16.0 Å². The van der Waals surface area contributed by atoms with E-state index in [1.54, 1.807) is 17.5 Å². The number of ether oxygens (including phenoxy) is 1. The Morgan fingerprint density at radius 2 is 2.44 bits per heavy atom. The minimum Gasteiger partial charge on any atom is -0.486 e. The summed E-state index contributed by atoms with van der Waals surface area (Å²) in [6.07, 6.45) is 5.20. The average Bonchev–Trinajstić information content (AvgIpc) is 3.02. The number of nitrogens with zero attached hydrogens (tertiary/aromatic N) is 3. The molecule has 0 atom stereocenters. The highest BCUT2D eigenvalue weighted by Gasteiger charge is 2.08. The van der Waals surface area contributed by atoms with E-state index in [2.05, 4.69) is 15.0 Å². The molecule has 94 valence electrons. The molecule has 0 saturated heterocycles. The van der Waals surface area contributed by atoms with Crippen molar-refractivity contribution in [3.05, 3.63) is 17.3 Å². The zero-order chi connectivity index (χ0) is 12.8. The molecule has 0 fully saturated rings. The van der Waals surface area contributed by atoms with Gasteiger partial charge in [0.1, 0.15) is 11.3 Å². The van der Waals surface area contributed by atoms with Gasteiger partial charge in [0.15, 0.2) is 6.40 Å². The predicted octanol–water partition coefficient (Wildman–Crippen LogP) is 2.70. The van der Waals surface area contributed by atoms with E-state index in [9.17, 15) is 4.79 Å². The molecule has 18 heavy (non-hydrogen) atoms. The van der Waals surface area contributed by atoms with Gasteiger partial charge in [-0.2, -0.15) is 4.99 Å². The maximum absolute atomic E-state index is 10.3. The minimum absolute atomic E-state index is 0.509. The minimum atomic E-state index is 0.509. The van der Waals surface area contributed by atoms with E-state index in [0.717, 1.165) is 21.9 Å². The lowest BCUT2D eigenvalue weighted by Crippen LogP contribution is -1.85. The molecule has 5 nitrogen and oxygen atoms in total. The van der Waals surface area contributed by atoms with Crippen LogP contribution in [0.4, 0.5) is 5.13 Å². The van der Waals surface area contributed by atoms with Crippen molar-refractivity contribution in [2.24, 2.45) is 4.99 Å². The van der Waals surface area contributed by atoms with E-state index in [4.69, 9.17) is 4.74 Å². The van der Waals surface area contributed by atoms with E-state index in [-0.39, 0.29) is 0 Å². The van der Waals surface area contributed by atoms with Crippen molar-refractivity contribution < 1.29 is 9.53 Å². The van der Waals surface area contributed by atoms with Crippen LogP contribution in [0.3, 0.4) is 0 Å². The molecule has 0 unspecified atom stereocenters. The Morgan fingerprint density at radius 3 is 3.22 bits per heavy atom. The third-order valence-corrected chi connectivity index (χ3v) is 4.01. The van der Waals surface area contributed by atoms with E-state index in [1.165, 1.54) is 24.8 Å². The first-order valence-corrected chi connectivity index (χ1v) is 6.92. The third-order valence-electron chi connectivity index (χ3n) is 2.04. The van der Waals surface area contributed by atoms with Gasteiger partial charge in [-0.15, -0.1) is 11.3 Å². The van der Waals surface area contributed by atoms with Crippen LogP contribution < -0.4 is 0 Å². The Kier molecular flexibility index (Phi) is 4.54. The molecule has 7 heteroatoms. The maximum Gasteiger partial charge on any atom is 0.212 e. The number of carbonyl (C=O) groups excluding carboxylic acids is 1. The highest BCUT2D eigenvalue weighted by molar-refractivity contribution is 7.22. The molecule has 0 N–H and O–H groups in total. The molecule has 0 bridgehead atoms. The fourth-order valence-corrected chi connectivity index (χ4v) is 2.93. The lowest BCUT2D eigenvalue weighted by molar-refractivity contribution is -0.107. The standard InChI is InChI=1S/C11H11N3O2S2/c1-16-7-13-11-12-5-9(18-11)10-14-8(6-17-10)3-2-4-15/h4-7H,2-3H2,1H3. The van der Waals surface area contributed by atoms with Crippen molar-refractivity contribution in [2.75, 3.05) is 7.11 Å². The van der Waals surface area contributed by atoms with Crippen LogP contribution in [0.5, 0.6) is 0 Å². The number of carbonyl (C=O) groups is 1. The lowest BCUT2D eigenvalue weighted by atomic mass is 10.3. The van der Waals surface area contributed by atoms with Crippen LogP contribution in [0.2, 0.25) is 0 Å². The summed E-state index contributed by atoms with van der Waals surface area (Å²) < 4.78 is 4.74. The Morgan fingerprint density at radius 1 is 1.56 bits per heavy atom. The summed E-state index contributed by atoms with van der Waals surface area (Å²) in [5.41, 5.74) is 0.942. The first-order chi connectivity index (χ1) is 8.83. The number of aryl methyl sites for hydroxylation is 1. The average molecular weight is 281 g/mol. The smallest absolute Gasteiger partial charge is 0.212 e. The normalized spacial score (nSPS) is 10.9. The van der Waals surface area contributed by atoms with Crippen molar-refractivity contribution in [1.29, 1.82) is 0 Å². The first kappa shape index (κ1) is 12.8. The third kappa shape index (κ3) is 3.21. The van der Waals surface area contributed by atoms with E-state index in [1.807, 2.05) is 5.38 Å². The number of rotatable bonds is 6. The fourth-order valence-electron chi connectivity index (χ4n) is 1.26. The van der Waals surface area contributed by atoms with Crippen molar-refractivity contribution in [3.63, 3.8) is 0 Å². The molecule has 0 saturated carbocycles. The largest absolute Gasteiger partial charge is 0.486 e. The second kappa shape index (κ2) is 6.36. The second-order valence-electron chi connectivity index (χ2n) is 3.33. The number of thiazole rings is 2. The summed E-state index contributed by atoms with van der Waals surface area (Å²) in [5.74, 6) is 0. The summed E-state index contributed by atoms with van der Waals surface area (Å²) in [6.45, 7) is 0. The molecule has 2 heterocycles. The molecule has 0 radical (unpaired) electrons. The van der Waals surface area contributed by atoms with Crippen LogP contribution in [0, 0.1) is 0 Å². The van der Waals surface area contributed by atoms with Crippen LogP contribution in [-0.4, -0.2) is 29.8 Å². The summed E-state index contributed by atoms with van der Waals surface area (Å²) in [6, 6.07) is 0. The van der Waals surface area contributed by atoms with Crippen LogP contribution in [0.15, 0.2) is 16.6 Å². The summed E-state index contributed by atoms with van der Waals surface area (Å²) in [4.78, 5) is 23.9. The van der Waals surface area contributed by atoms with E-state index >= 15 is 0 Å². The Bertz CT molecular complexity index is 548. The Hall–Kier alpha value is -1.60. The molecular formula is C11H11N3O2S2. The van der Waals surface area contributed by atoms with Gasteiger partial charge in [0.2, 0.25) is 5.13 Å². The fraction of sp³-hybridized carbons (Fsp3) is 0.273. The summed E-state index contributed by atoms with van der Waals surface area (Å²) in [7, 11) is 1.54. The molecule has 0 amide bonds. The molecule has 0 aliphatic rings. The highest BCUT2D eigenvalue weighted by Crippen LogP contribution is 2.32. The number of hydrogen-bond donors (Lipinski definition) is 0. The number of methoxy groups -OCH3 is 1. The van der Waals surface area contributed by atoms with Crippen LogP contribution in [0.1, 0.15) is 12.1 Å². The highest BCUT2D eigenvalue weighted by atomic mass is 32.1. The molecule has 0 aliphatic heterocycles. The Balaban J connectivity index is 2.10. The zero-order valence-electron chi connectivity index (χ0n) is 9.70. The number of aliphatic imine (C=N–C) groups is 1. The summed E-state index contributed by atoms with van der Waals surface area (Å²) >= 11 is 3.00. The number of aldehydes is 1. The second-order valence-corrected chi connectivity index (χ2v) is 5.19. The number of aromatic nitrogens is 2. The molecule has 0 aliphatic carbocycles. The van der Waals surface area contributed by atoms with Gasteiger partial charge in [-0.3, -0.25) is 0 Å². The van der Waals surface area contributed by atoms with Crippen molar-refractivity contribution in [1.82, 2.24) is 9.97 Å². The van der Waals surface area contributed by atoms with Gasteiger partial charge in [-0.1, -0.05) is 11.3 Å². The topological polar surface area (TPSA) is 64.4 Å². The van der Waals surface area contributed by atoms with E-state index in [0.29, 0.717) is 18.0 Å². The lowest BCUT2D eigenvalue weighted by Gasteiger charge is -1.88. The zero-order valence-corrected chi connectivity index (χ0v) is 11.3. The van der Waals surface area contributed by atoms with Gasteiger partial charge >= 0.3 is 0 Å². The van der Waals surface area contributed by atoms with Crippen molar-refractivity contribution in [3.8, 4) is 9.88 Å². The molecular weight excluding hydrogens is 270 g/mol. The van der Waals surface area contributed by atoms with Gasteiger partial charge in [0.05, 0.1) is 23.9 Å².